The molecule has 0 radical (unpaired) electrons. The lowest BCUT2D eigenvalue weighted by molar-refractivity contribution is 0.0619. The number of nitrogens with zero attached hydrogens (tertiary/aromatic N) is 4. The summed E-state index contributed by atoms with van der Waals surface area (Å²) < 4.78 is 7.53. The number of carbonyl (C=O) groups excluding carboxylic acids is 1. The highest BCUT2D eigenvalue weighted by atomic mass is 16.5. The van der Waals surface area contributed by atoms with Crippen LogP contribution in [0.5, 0.6) is 5.75 Å². The summed E-state index contributed by atoms with van der Waals surface area (Å²) in [6, 6.07) is 22.4. The summed E-state index contributed by atoms with van der Waals surface area (Å²) in [7, 11) is 1.67. The molecule has 0 atom stereocenters. The van der Waals surface area contributed by atoms with Crippen molar-refractivity contribution < 1.29 is 9.53 Å². The highest BCUT2D eigenvalue weighted by Gasteiger charge is 2.25. The van der Waals surface area contributed by atoms with Gasteiger partial charge in [0.05, 0.1) is 7.11 Å². The van der Waals surface area contributed by atoms with Gasteiger partial charge in [0.15, 0.2) is 0 Å². The van der Waals surface area contributed by atoms with E-state index in [0.717, 1.165) is 60.6 Å². The number of pyridine rings is 1. The molecule has 2 aromatic heterocycles. The van der Waals surface area contributed by atoms with Crippen molar-refractivity contribution in [3.05, 3.63) is 95.9 Å². The van der Waals surface area contributed by atoms with Crippen LogP contribution < -0.4 is 4.74 Å². The third kappa shape index (κ3) is 4.61. The number of para-hydroxylation sites is 1. The predicted octanol–water partition coefficient (Wildman–Crippen LogP) is 4.05. The molecule has 5 rings (SSSR count). The zero-order chi connectivity index (χ0) is 22.6. The molecule has 0 N–H and O–H groups in total. The van der Waals surface area contributed by atoms with Gasteiger partial charge in [-0.25, -0.2) is 0 Å². The lowest BCUT2D eigenvalue weighted by Crippen LogP contribution is -2.48. The Morgan fingerprint density at radius 2 is 1.67 bits per heavy atom. The molecule has 1 amide bonds. The van der Waals surface area contributed by atoms with Gasteiger partial charge in [0.2, 0.25) is 0 Å². The fraction of sp³-hybridized carbons (Fsp3) is 0.259. The average molecular weight is 441 g/mol. The molecule has 6 nitrogen and oxygen atoms in total. The van der Waals surface area contributed by atoms with Crippen molar-refractivity contribution in [2.24, 2.45) is 0 Å². The first-order valence-corrected chi connectivity index (χ1v) is 11.3. The first kappa shape index (κ1) is 21.2. The summed E-state index contributed by atoms with van der Waals surface area (Å²) >= 11 is 0. The summed E-state index contributed by atoms with van der Waals surface area (Å²) in [6.07, 6.45) is 3.66. The van der Waals surface area contributed by atoms with E-state index in [1.807, 2.05) is 53.7 Å². The molecule has 0 saturated carbocycles. The van der Waals surface area contributed by atoms with E-state index >= 15 is 0 Å². The second-order valence-corrected chi connectivity index (χ2v) is 8.45. The van der Waals surface area contributed by atoms with Crippen molar-refractivity contribution in [2.75, 3.05) is 33.3 Å². The molecule has 0 spiro atoms. The Balaban J connectivity index is 1.36. The van der Waals surface area contributed by atoms with Crippen LogP contribution in [0.2, 0.25) is 0 Å². The lowest BCUT2D eigenvalue weighted by Gasteiger charge is -2.35. The molecule has 4 aromatic rings. The molecular weight excluding hydrogens is 412 g/mol. The maximum Gasteiger partial charge on any atom is 0.270 e. The van der Waals surface area contributed by atoms with E-state index in [9.17, 15) is 4.79 Å². The molecule has 1 aliphatic heterocycles. The van der Waals surface area contributed by atoms with Gasteiger partial charge in [0.25, 0.3) is 5.91 Å². The van der Waals surface area contributed by atoms with Crippen LogP contribution in [0.4, 0.5) is 0 Å². The predicted molar refractivity (Wildman–Crippen MR) is 129 cm³/mol. The summed E-state index contributed by atoms with van der Waals surface area (Å²) in [5.41, 5.74) is 4.16. The van der Waals surface area contributed by atoms with Crippen molar-refractivity contribution in [2.45, 2.75) is 13.1 Å². The first-order valence-electron chi connectivity index (χ1n) is 11.3. The van der Waals surface area contributed by atoms with Crippen LogP contribution in [0.15, 0.2) is 79.1 Å². The average Bonchev–Trinajstić information content (AvgIpc) is 3.23. The number of amides is 1. The molecule has 0 unspecified atom stereocenters. The Morgan fingerprint density at radius 1 is 0.879 bits per heavy atom. The van der Waals surface area contributed by atoms with Gasteiger partial charge in [0.1, 0.15) is 11.4 Å². The minimum Gasteiger partial charge on any atom is -0.497 e. The van der Waals surface area contributed by atoms with Gasteiger partial charge in [-0.1, -0.05) is 30.3 Å². The molecule has 168 valence electrons. The van der Waals surface area contributed by atoms with Crippen LogP contribution in [0.1, 0.15) is 21.6 Å². The Kier molecular flexibility index (Phi) is 6.09. The molecule has 1 fully saturated rings. The van der Waals surface area contributed by atoms with E-state index in [4.69, 9.17) is 4.74 Å². The van der Waals surface area contributed by atoms with Crippen molar-refractivity contribution >= 4 is 16.8 Å². The second kappa shape index (κ2) is 9.46. The van der Waals surface area contributed by atoms with Crippen molar-refractivity contribution in [1.82, 2.24) is 19.4 Å². The number of rotatable bonds is 6. The van der Waals surface area contributed by atoms with E-state index in [0.29, 0.717) is 6.54 Å². The Labute approximate surface area is 194 Å². The number of benzene rings is 2. The highest BCUT2D eigenvalue weighted by Crippen LogP contribution is 2.24. The van der Waals surface area contributed by atoms with Crippen LogP contribution in [0, 0.1) is 0 Å². The number of hydrogen-bond acceptors (Lipinski definition) is 4. The molecule has 1 saturated heterocycles. The topological polar surface area (TPSA) is 50.6 Å². The van der Waals surface area contributed by atoms with Gasteiger partial charge in [-0.2, -0.15) is 0 Å². The maximum absolute atomic E-state index is 13.6. The van der Waals surface area contributed by atoms with E-state index in [1.165, 1.54) is 5.56 Å². The van der Waals surface area contributed by atoms with Crippen molar-refractivity contribution in [3.8, 4) is 5.75 Å². The number of ether oxygens (including phenoxy) is 1. The fourth-order valence-electron chi connectivity index (χ4n) is 4.53. The summed E-state index contributed by atoms with van der Waals surface area (Å²) in [6.45, 7) is 4.69. The third-order valence-electron chi connectivity index (χ3n) is 6.32. The van der Waals surface area contributed by atoms with E-state index in [1.54, 1.807) is 7.11 Å². The van der Waals surface area contributed by atoms with Crippen LogP contribution in [-0.2, 0) is 13.1 Å². The molecule has 2 aromatic carbocycles. The highest BCUT2D eigenvalue weighted by molar-refractivity contribution is 5.99. The quantitative estimate of drug-likeness (QED) is 0.454. The monoisotopic (exact) mass is 440 g/mol. The number of methoxy groups -OCH3 is 1. The molecular formula is C27H28N4O2. The van der Waals surface area contributed by atoms with E-state index in [2.05, 4.69) is 44.8 Å². The first-order chi connectivity index (χ1) is 16.2. The molecule has 1 aliphatic rings. The maximum atomic E-state index is 13.6. The van der Waals surface area contributed by atoms with Gasteiger partial charge in [-0.05, 0) is 47.5 Å². The minimum absolute atomic E-state index is 0.0951. The van der Waals surface area contributed by atoms with Gasteiger partial charge in [-0.15, -0.1) is 0 Å². The van der Waals surface area contributed by atoms with Crippen LogP contribution in [-0.4, -0.2) is 58.5 Å². The van der Waals surface area contributed by atoms with Gasteiger partial charge < -0.3 is 14.2 Å². The molecule has 0 aliphatic carbocycles. The Bertz CT molecular complexity index is 1240. The van der Waals surface area contributed by atoms with Crippen molar-refractivity contribution in [3.63, 3.8) is 0 Å². The summed E-state index contributed by atoms with van der Waals surface area (Å²) in [5.74, 6) is 0.916. The number of carbonyl (C=O) groups is 1. The van der Waals surface area contributed by atoms with Crippen LogP contribution in [0.3, 0.4) is 0 Å². The van der Waals surface area contributed by atoms with Crippen LogP contribution >= 0.6 is 0 Å². The summed E-state index contributed by atoms with van der Waals surface area (Å²) in [5, 5.41) is 1.08. The Morgan fingerprint density at radius 3 is 2.45 bits per heavy atom. The van der Waals surface area contributed by atoms with Crippen molar-refractivity contribution in [1.29, 1.82) is 0 Å². The second-order valence-electron chi connectivity index (χ2n) is 8.45. The zero-order valence-corrected chi connectivity index (χ0v) is 18.9. The lowest BCUT2D eigenvalue weighted by atomic mass is 10.2. The SMILES string of the molecule is COc1cccc(Cn2c(C(=O)N3CCN(Cc4ccncc4)CC3)cc3ccccc32)c1. The molecule has 33 heavy (non-hydrogen) atoms. The van der Waals surface area contributed by atoms with Gasteiger partial charge in [0, 0.05) is 62.6 Å². The van der Waals surface area contributed by atoms with E-state index < -0.39 is 0 Å². The van der Waals surface area contributed by atoms with Gasteiger partial charge in [-0.3, -0.25) is 14.7 Å². The van der Waals surface area contributed by atoms with Crippen LogP contribution in [0.25, 0.3) is 10.9 Å². The Hall–Kier alpha value is -3.64. The fourth-order valence-corrected chi connectivity index (χ4v) is 4.53. The molecule has 6 heteroatoms. The number of hydrogen-bond donors (Lipinski definition) is 0. The normalized spacial score (nSPS) is 14.5. The third-order valence-corrected chi connectivity index (χ3v) is 6.32. The van der Waals surface area contributed by atoms with E-state index in [-0.39, 0.29) is 5.91 Å². The smallest absolute Gasteiger partial charge is 0.270 e. The minimum atomic E-state index is 0.0951. The molecule has 3 heterocycles. The van der Waals surface area contributed by atoms with Gasteiger partial charge >= 0.3 is 0 Å². The number of aromatic nitrogens is 2. The molecule has 0 bridgehead atoms. The standard InChI is InChI=1S/C27H28N4O2/c1-33-24-7-4-5-22(17-24)20-31-25-8-3-2-6-23(25)18-26(31)27(32)30-15-13-29(14-16-30)19-21-9-11-28-12-10-21/h2-12,17-18H,13-16,19-20H2,1H3. The zero-order valence-electron chi connectivity index (χ0n) is 18.9. The number of piperazine rings is 1. The largest absolute Gasteiger partial charge is 0.497 e. The summed E-state index contributed by atoms with van der Waals surface area (Å²) in [4.78, 5) is 22.1. The number of fused-ring (bicyclic) bond motifs is 1.